The van der Waals surface area contributed by atoms with Crippen LogP contribution in [0.4, 0.5) is 5.69 Å². The van der Waals surface area contributed by atoms with E-state index >= 15 is 0 Å². The first-order chi connectivity index (χ1) is 16.5. The predicted octanol–water partition coefficient (Wildman–Crippen LogP) is 3.86. The van der Waals surface area contributed by atoms with Crippen molar-refractivity contribution < 1.29 is 22.7 Å². The summed E-state index contributed by atoms with van der Waals surface area (Å²) in [4.78, 5) is 12.6. The highest BCUT2D eigenvalue weighted by molar-refractivity contribution is 7.89. The third-order valence-corrected chi connectivity index (χ3v) is 7.47. The topological polar surface area (TPSA) is 84.9 Å². The summed E-state index contributed by atoms with van der Waals surface area (Å²) >= 11 is 0. The smallest absolute Gasteiger partial charge is 0.243 e. The van der Waals surface area contributed by atoms with E-state index in [1.54, 1.807) is 24.3 Å². The van der Waals surface area contributed by atoms with E-state index in [2.05, 4.69) is 5.32 Å². The molecule has 1 fully saturated rings. The monoisotopic (exact) mass is 480 g/mol. The zero-order valence-corrected chi connectivity index (χ0v) is 19.7. The molecule has 178 valence electrons. The molecule has 0 saturated carbocycles. The maximum atomic E-state index is 12.7. The number of aryl methyl sites for hydroxylation is 1. The summed E-state index contributed by atoms with van der Waals surface area (Å²) in [6.45, 7) is 2.04. The van der Waals surface area contributed by atoms with Crippen LogP contribution in [0, 0.1) is 0 Å². The Morgan fingerprint density at radius 2 is 1.56 bits per heavy atom. The van der Waals surface area contributed by atoms with Gasteiger partial charge < -0.3 is 14.8 Å². The fraction of sp³-hybridized carbons (Fsp3) is 0.269. The van der Waals surface area contributed by atoms with Crippen LogP contribution in [-0.4, -0.2) is 44.9 Å². The van der Waals surface area contributed by atoms with Crippen LogP contribution in [-0.2, 0) is 32.6 Å². The van der Waals surface area contributed by atoms with Gasteiger partial charge in [0, 0.05) is 25.2 Å². The lowest BCUT2D eigenvalue weighted by Gasteiger charge is -2.26. The molecule has 1 amide bonds. The largest absolute Gasteiger partial charge is 0.489 e. The molecular weight excluding hydrogens is 452 g/mol. The van der Waals surface area contributed by atoms with Gasteiger partial charge in [0.25, 0.3) is 0 Å². The second-order valence-corrected chi connectivity index (χ2v) is 9.95. The van der Waals surface area contributed by atoms with Crippen molar-refractivity contribution in [3.05, 3.63) is 90.0 Å². The molecule has 1 aliphatic rings. The molecule has 1 N–H and O–H groups in total. The van der Waals surface area contributed by atoms with Gasteiger partial charge in [0.05, 0.1) is 18.1 Å². The van der Waals surface area contributed by atoms with Crippen LogP contribution in [0.2, 0.25) is 0 Å². The molecule has 3 aromatic carbocycles. The van der Waals surface area contributed by atoms with Gasteiger partial charge in [-0.2, -0.15) is 4.31 Å². The number of sulfonamides is 1. The van der Waals surface area contributed by atoms with Gasteiger partial charge >= 0.3 is 0 Å². The average Bonchev–Trinajstić information content (AvgIpc) is 2.88. The molecule has 1 aliphatic heterocycles. The number of nitrogens with one attached hydrogen (secondary N) is 1. The first-order valence-corrected chi connectivity index (χ1v) is 12.7. The average molecular weight is 481 g/mol. The van der Waals surface area contributed by atoms with Gasteiger partial charge in [-0.1, -0.05) is 42.5 Å². The van der Waals surface area contributed by atoms with E-state index in [1.165, 1.54) is 4.31 Å². The minimum Gasteiger partial charge on any atom is -0.489 e. The molecule has 4 rings (SSSR count). The number of carbonyl (C=O) groups excluding carboxylic acids is 1. The lowest BCUT2D eigenvalue weighted by molar-refractivity contribution is -0.116. The predicted molar refractivity (Wildman–Crippen MR) is 130 cm³/mol. The van der Waals surface area contributed by atoms with Crippen LogP contribution in [0.1, 0.15) is 17.5 Å². The van der Waals surface area contributed by atoms with Crippen molar-refractivity contribution in [3.8, 4) is 5.75 Å². The molecule has 0 radical (unpaired) electrons. The first kappa shape index (κ1) is 23.9. The Bertz CT molecular complexity index is 1170. The molecule has 3 aromatic rings. The molecule has 0 aromatic heterocycles. The Morgan fingerprint density at radius 1 is 0.882 bits per heavy atom. The minimum atomic E-state index is -3.51. The zero-order valence-electron chi connectivity index (χ0n) is 18.9. The molecule has 0 bridgehead atoms. The van der Waals surface area contributed by atoms with E-state index in [0.717, 1.165) is 16.9 Å². The van der Waals surface area contributed by atoms with Crippen molar-refractivity contribution in [1.82, 2.24) is 4.31 Å². The normalized spacial score (nSPS) is 14.5. The summed E-state index contributed by atoms with van der Waals surface area (Å²) < 4.78 is 37.8. The SMILES string of the molecule is O=C(CCc1ccc(S(=O)(=O)N2CCOCC2)cc1)Nc1ccc(OCc2ccccc2)cc1. The summed E-state index contributed by atoms with van der Waals surface area (Å²) in [6.07, 6.45) is 0.809. The molecule has 34 heavy (non-hydrogen) atoms. The third-order valence-electron chi connectivity index (χ3n) is 5.56. The Kier molecular flexibility index (Phi) is 7.95. The molecule has 0 aliphatic carbocycles. The number of morpholine rings is 1. The quantitative estimate of drug-likeness (QED) is 0.503. The molecule has 0 atom stereocenters. The molecule has 1 saturated heterocycles. The Morgan fingerprint density at radius 3 is 2.24 bits per heavy atom. The Balaban J connectivity index is 1.24. The lowest BCUT2D eigenvalue weighted by atomic mass is 10.1. The van der Waals surface area contributed by atoms with E-state index < -0.39 is 10.0 Å². The van der Waals surface area contributed by atoms with Crippen molar-refractivity contribution in [2.24, 2.45) is 0 Å². The third kappa shape index (κ3) is 6.44. The number of carbonyl (C=O) groups is 1. The number of ether oxygens (including phenoxy) is 2. The summed E-state index contributed by atoms with van der Waals surface area (Å²) in [7, 11) is -3.51. The summed E-state index contributed by atoms with van der Waals surface area (Å²) in [5, 5.41) is 2.88. The van der Waals surface area contributed by atoms with Crippen molar-refractivity contribution >= 4 is 21.6 Å². The number of benzene rings is 3. The molecule has 1 heterocycles. The number of amides is 1. The first-order valence-electron chi connectivity index (χ1n) is 11.2. The van der Waals surface area contributed by atoms with Gasteiger partial charge in [-0.25, -0.2) is 8.42 Å². The summed E-state index contributed by atoms with van der Waals surface area (Å²) in [5.41, 5.74) is 2.69. The minimum absolute atomic E-state index is 0.108. The Labute approximate surface area is 200 Å². The standard InChI is InChI=1S/C26H28N2O5S/c29-26(27-23-9-11-24(12-10-23)33-20-22-4-2-1-3-5-22)15-8-21-6-13-25(14-7-21)34(30,31)28-16-18-32-19-17-28/h1-7,9-14H,8,15-20H2,(H,27,29). The summed E-state index contributed by atoms with van der Waals surface area (Å²) in [6, 6.07) is 23.9. The van der Waals surface area contributed by atoms with Crippen LogP contribution in [0.5, 0.6) is 5.75 Å². The second kappa shape index (κ2) is 11.3. The number of nitrogens with zero attached hydrogens (tertiary/aromatic N) is 1. The van der Waals surface area contributed by atoms with Gasteiger partial charge in [-0.3, -0.25) is 4.79 Å². The maximum absolute atomic E-state index is 12.7. The van der Waals surface area contributed by atoms with Crippen molar-refractivity contribution in [2.75, 3.05) is 31.6 Å². The molecule has 8 heteroatoms. The lowest BCUT2D eigenvalue weighted by Crippen LogP contribution is -2.40. The van der Waals surface area contributed by atoms with E-state index in [0.29, 0.717) is 51.4 Å². The van der Waals surface area contributed by atoms with Gasteiger partial charge in [0.1, 0.15) is 12.4 Å². The van der Waals surface area contributed by atoms with E-state index in [4.69, 9.17) is 9.47 Å². The van der Waals surface area contributed by atoms with Crippen molar-refractivity contribution in [3.63, 3.8) is 0 Å². The highest BCUT2D eigenvalue weighted by Crippen LogP contribution is 2.19. The van der Waals surface area contributed by atoms with Gasteiger partial charge in [-0.15, -0.1) is 0 Å². The highest BCUT2D eigenvalue weighted by Gasteiger charge is 2.26. The molecule has 0 unspecified atom stereocenters. The number of anilines is 1. The van der Waals surface area contributed by atoms with E-state index in [-0.39, 0.29) is 10.8 Å². The zero-order chi connectivity index (χ0) is 23.8. The number of hydrogen-bond acceptors (Lipinski definition) is 5. The molecule has 7 nitrogen and oxygen atoms in total. The molecule has 0 spiro atoms. The van der Waals surface area contributed by atoms with Gasteiger partial charge in [0.2, 0.25) is 15.9 Å². The maximum Gasteiger partial charge on any atom is 0.243 e. The number of rotatable bonds is 9. The van der Waals surface area contributed by atoms with Crippen LogP contribution in [0.25, 0.3) is 0 Å². The molecular formula is C26H28N2O5S. The van der Waals surface area contributed by atoms with Crippen molar-refractivity contribution in [2.45, 2.75) is 24.3 Å². The fourth-order valence-corrected chi connectivity index (χ4v) is 5.03. The summed E-state index contributed by atoms with van der Waals surface area (Å²) in [5.74, 6) is 0.622. The van der Waals surface area contributed by atoms with Crippen LogP contribution >= 0.6 is 0 Å². The highest BCUT2D eigenvalue weighted by atomic mass is 32.2. The van der Waals surface area contributed by atoms with E-state index in [1.807, 2.05) is 54.6 Å². The van der Waals surface area contributed by atoms with Gasteiger partial charge in [-0.05, 0) is 53.9 Å². The van der Waals surface area contributed by atoms with Crippen molar-refractivity contribution in [1.29, 1.82) is 0 Å². The van der Waals surface area contributed by atoms with E-state index in [9.17, 15) is 13.2 Å². The Hall–Kier alpha value is -3.20. The fourth-order valence-electron chi connectivity index (χ4n) is 3.62. The van der Waals surface area contributed by atoms with Crippen LogP contribution in [0.3, 0.4) is 0 Å². The van der Waals surface area contributed by atoms with Gasteiger partial charge in [0.15, 0.2) is 0 Å². The van der Waals surface area contributed by atoms with Crippen LogP contribution in [0.15, 0.2) is 83.8 Å². The number of hydrogen-bond donors (Lipinski definition) is 1. The van der Waals surface area contributed by atoms with Crippen LogP contribution < -0.4 is 10.1 Å². The second-order valence-electron chi connectivity index (χ2n) is 8.01.